The number of nitrogens with one attached hydrogen (secondary N) is 2. The van der Waals surface area contributed by atoms with Crippen LogP contribution in [0.3, 0.4) is 0 Å². The van der Waals surface area contributed by atoms with Gasteiger partial charge in [0.2, 0.25) is 0 Å². The monoisotopic (exact) mass is 260 g/mol. The molecule has 0 aliphatic carbocycles. The molecule has 2 aromatic rings. The molecule has 2 rings (SSSR count). The van der Waals surface area contributed by atoms with Crippen molar-refractivity contribution in [2.45, 2.75) is 19.8 Å². The Labute approximate surface area is 111 Å². The Balaban J connectivity index is 2.27. The fraction of sp³-hybridized carbons (Fsp3) is 0.231. The number of benzene rings is 1. The minimum absolute atomic E-state index is 0.545. The van der Waals surface area contributed by atoms with Crippen molar-refractivity contribution in [2.75, 3.05) is 5.32 Å². The molecule has 0 fully saturated rings. The number of nitrogens with zero attached hydrogens (tertiary/aromatic N) is 2. The highest BCUT2D eigenvalue weighted by Crippen LogP contribution is 2.23. The lowest BCUT2D eigenvalue weighted by Crippen LogP contribution is -1.93. The van der Waals surface area contributed by atoms with Crippen molar-refractivity contribution in [2.24, 2.45) is 0 Å². The second kappa shape index (κ2) is 5.56. The van der Waals surface area contributed by atoms with Crippen LogP contribution in [0.15, 0.2) is 24.3 Å². The molecule has 0 bridgehead atoms. The fourth-order valence-electron chi connectivity index (χ4n) is 1.72. The van der Waals surface area contributed by atoms with Gasteiger partial charge in [-0.05, 0) is 24.6 Å². The molecule has 0 aliphatic rings. The molecule has 0 atom stereocenters. The van der Waals surface area contributed by atoms with E-state index in [0.717, 1.165) is 24.2 Å². The van der Waals surface area contributed by atoms with Gasteiger partial charge >= 0.3 is 0 Å². The standard InChI is InChI=1S/C13H13ClN4/c1-2-4-12-11(8-15)13(18-17-12)16-10-6-3-5-9(14)7-10/h3,5-7H,2,4H2,1H3,(H2,16,17,18). The van der Waals surface area contributed by atoms with Crippen LogP contribution in [-0.2, 0) is 6.42 Å². The van der Waals surface area contributed by atoms with Crippen molar-refractivity contribution in [3.05, 3.63) is 40.5 Å². The zero-order chi connectivity index (χ0) is 13.0. The first kappa shape index (κ1) is 12.5. The van der Waals surface area contributed by atoms with E-state index >= 15 is 0 Å². The Hall–Kier alpha value is -1.99. The van der Waals surface area contributed by atoms with Gasteiger partial charge in [-0.15, -0.1) is 0 Å². The van der Waals surface area contributed by atoms with Gasteiger partial charge < -0.3 is 5.32 Å². The van der Waals surface area contributed by atoms with E-state index in [0.29, 0.717) is 16.4 Å². The summed E-state index contributed by atoms with van der Waals surface area (Å²) in [6.07, 6.45) is 1.78. The van der Waals surface area contributed by atoms with Gasteiger partial charge in [0.05, 0.1) is 5.69 Å². The van der Waals surface area contributed by atoms with E-state index in [1.807, 2.05) is 12.1 Å². The summed E-state index contributed by atoms with van der Waals surface area (Å²) < 4.78 is 0. The van der Waals surface area contributed by atoms with Crippen LogP contribution >= 0.6 is 11.6 Å². The first-order valence-corrected chi connectivity index (χ1v) is 6.12. The van der Waals surface area contributed by atoms with E-state index in [1.54, 1.807) is 12.1 Å². The number of hydrogen-bond acceptors (Lipinski definition) is 3. The molecule has 92 valence electrons. The first-order chi connectivity index (χ1) is 8.74. The van der Waals surface area contributed by atoms with Crippen molar-refractivity contribution in [3.63, 3.8) is 0 Å². The zero-order valence-electron chi connectivity index (χ0n) is 10.00. The second-order valence-corrected chi connectivity index (χ2v) is 4.36. The van der Waals surface area contributed by atoms with Crippen LogP contribution in [0.2, 0.25) is 5.02 Å². The van der Waals surface area contributed by atoms with Crippen LogP contribution in [0.5, 0.6) is 0 Å². The Morgan fingerprint density at radius 2 is 2.33 bits per heavy atom. The van der Waals surface area contributed by atoms with E-state index in [1.165, 1.54) is 0 Å². The molecule has 1 aromatic carbocycles. The third-order valence-corrected chi connectivity index (χ3v) is 2.78. The van der Waals surface area contributed by atoms with Gasteiger partial charge in [0.15, 0.2) is 5.82 Å². The summed E-state index contributed by atoms with van der Waals surface area (Å²) in [6.45, 7) is 2.06. The minimum atomic E-state index is 0.545. The topological polar surface area (TPSA) is 64.5 Å². The Bertz CT molecular complexity index is 583. The van der Waals surface area contributed by atoms with E-state index in [2.05, 4.69) is 28.5 Å². The lowest BCUT2D eigenvalue weighted by Gasteiger charge is -2.03. The molecule has 0 amide bonds. The Morgan fingerprint density at radius 3 is 3.00 bits per heavy atom. The lowest BCUT2D eigenvalue weighted by atomic mass is 10.1. The van der Waals surface area contributed by atoms with Gasteiger partial charge in [0.1, 0.15) is 11.6 Å². The molecular weight excluding hydrogens is 248 g/mol. The molecule has 1 heterocycles. The van der Waals surface area contributed by atoms with Gasteiger partial charge in [0, 0.05) is 10.7 Å². The van der Waals surface area contributed by atoms with Gasteiger partial charge in [-0.2, -0.15) is 10.4 Å². The zero-order valence-corrected chi connectivity index (χ0v) is 10.8. The van der Waals surface area contributed by atoms with E-state index < -0.39 is 0 Å². The largest absolute Gasteiger partial charge is 0.338 e. The molecular formula is C13H13ClN4. The van der Waals surface area contributed by atoms with Crippen LogP contribution in [0.4, 0.5) is 11.5 Å². The van der Waals surface area contributed by atoms with Gasteiger partial charge in [-0.3, -0.25) is 5.10 Å². The third kappa shape index (κ3) is 2.63. The molecule has 0 saturated heterocycles. The number of hydrogen-bond donors (Lipinski definition) is 2. The predicted octanol–water partition coefficient (Wildman–Crippen LogP) is 3.63. The molecule has 0 unspecified atom stereocenters. The summed E-state index contributed by atoms with van der Waals surface area (Å²) in [7, 11) is 0. The molecule has 0 aliphatic heterocycles. The van der Waals surface area contributed by atoms with Crippen LogP contribution in [-0.4, -0.2) is 10.2 Å². The Morgan fingerprint density at radius 1 is 1.50 bits per heavy atom. The van der Waals surface area contributed by atoms with Crippen molar-refractivity contribution >= 4 is 23.1 Å². The molecule has 4 nitrogen and oxygen atoms in total. The molecule has 5 heteroatoms. The average molecular weight is 261 g/mol. The maximum absolute atomic E-state index is 9.17. The molecule has 2 N–H and O–H groups in total. The third-order valence-electron chi connectivity index (χ3n) is 2.54. The fourth-order valence-corrected chi connectivity index (χ4v) is 1.91. The summed E-state index contributed by atoms with van der Waals surface area (Å²) in [5, 5.41) is 19.9. The number of nitriles is 1. The van der Waals surface area contributed by atoms with Crippen LogP contribution in [0.25, 0.3) is 0 Å². The van der Waals surface area contributed by atoms with Gasteiger partial charge in [-0.25, -0.2) is 0 Å². The molecule has 0 saturated carbocycles. The van der Waals surface area contributed by atoms with Crippen molar-refractivity contribution in [1.82, 2.24) is 10.2 Å². The molecule has 1 aromatic heterocycles. The van der Waals surface area contributed by atoms with Crippen molar-refractivity contribution < 1.29 is 0 Å². The van der Waals surface area contributed by atoms with Crippen LogP contribution in [0, 0.1) is 11.3 Å². The number of aryl methyl sites for hydroxylation is 1. The number of rotatable bonds is 4. The summed E-state index contributed by atoms with van der Waals surface area (Å²) in [4.78, 5) is 0. The first-order valence-electron chi connectivity index (χ1n) is 5.74. The predicted molar refractivity (Wildman–Crippen MR) is 72.0 cm³/mol. The van der Waals surface area contributed by atoms with Crippen molar-refractivity contribution in [1.29, 1.82) is 5.26 Å². The number of anilines is 2. The number of aromatic nitrogens is 2. The number of halogens is 1. The summed E-state index contributed by atoms with van der Waals surface area (Å²) in [6, 6.07) is 9.48. The quantitative estimate of drug-likeness (QED) is 0.882. The molecule has 0 spiro atoms. The second-order valence-electron chi connectivity index (χ2n) is 3.92. The maximum atomic E-state index is 9.17. The van der Waals surface area contributed by atoms with Crippen molar-refractivity contribution in [3.8, 4) is 6.07 Å². The van der Waals surface area contributed by atoms with E-state index in [-0.39, 0.29) is 0 Å². The van der Waals surface area contributed by atoms with Gasteiger partial charge in [0.25, 0.3) is 0 Å². The molecule has 0 radical (unpaired) electrons. The summed E-state index contributed by atoms with van der Waals surface area (Å²) >= 11 is 5.91. The number of aromatic amines is 1. The van der Waals surface area contributed by atoms with E-state index in [4.69, 9.17) is 11.6 Å². The average Bonchev–Trinajstić information content (AvgIpc) is 2.72. The highest BCUT2D eigenvalue weighted by Gasteiger charge is 2.12. The SMILES string of the molecule is CCCc1[nH]nc(Nc2cccc(Cl)c2)c1C#N. The highest BCUT2D eigenvalue weighted by molar-refractivity contribution is 6.30. The highest BCUT2D eigenvalue weighted by atomic mass is 35.5. The smallest absolute Gasteiger partial charge is 0.170 e. The normalized spacial score (nSPS) is 10.1. The summed E-state index contributed by atoms with van der Waals surface area (Å²) in [5.74, 6) is 0.545. The van der Waals surface area contributed by atoms with Crippen LogP contribution < -0.4 is 5.32 Å². The summed E-state index contributed by atoms with van der Waals surface area (Å²) in [5.41, 5.74) is 2.25. The molecule has 18 heavy (non-hydrogen) atoms. The lowest BCUT2D eigenvalue weighted by molar-refractivity contribution is 0.865. The maximum Gasteiger partial charge on any atom is 0.170 e. The Kier molecular flexibility index (Phi) is 3.85. The van der Waals surface area contributed by atoms with E-state index in [9.17, 15) is 5.26 Å². The van der Waals surface area contributed by atoms with Gasteiger partial charge in [-0.1, -0.05) is 31.0 Å². The van der Waals surface area contributed by atoms with Crippen LogP contribution in [0.1, 0.15) is 24.6 Å². The number of H-pyrrole nitrogens is 1. The minimum Gasteiger partial charge on any atom is -0.338 e.